The van der Waals surface area contributed by atoms with Crippen LogP contribution in [0, 0.1) is 11.6 Å². The molecule has 0 bridgehead atoms. The molecule has 2 aliphatic rings. The maximum atomic E-state index is 15.5. The molecule has 0 spiro atoms. The van der Waals surface area contributed by atoms with E-state index in [4.69, 9.17) is 4.74 Å². The maximum absolute atomic E-state index is 15.5. The minimum Gasteiger partial charge on any atom is -0.477 e. The van der Waals surface area contributed by atoms with Gasteiger partial charge in [0.05, 0.1) is 23.6 Å². The number of morpholine rings is 1. The number of ether oxygens (including phenoxy) is 1. The van der Waals surface area contributed by atoms with Crippen molar-refractivity contribution in [1.82, 2.24) is 9.88 Å². The molecule has 2 N–H and O–H groups in total. The normalized spacial score (nSPS) is 19.3. The summed E-state index contributed by atoms with van der Waals surface area (Å²) in [7, 11) is 1.77. The fourth-order valence-electron chi connectivity index (χ4n) is 3.79. The van der Waals surface area contributed by atoms with Gasteiger partial charge in [-0.05, 0) is 26.0 Å². The molecule has 1 saturated carbocycles. The number of hydrogen-bond acceptors (Lipinski definition) is 5. The van der Waals surface area contributed by atoms with E-state index in [1.807, 2.05) is 0 Å². The van der Waals surface area contributed by atoms with Gasteiger partial charge in [0, 0.05) is 31.9 Å². The van der Waals surface area contributed by atoms with Crippen LogP contribution in [0.25, 0.3) is 10.9 Å². The summed E-state index contributed by atoms with van der Waals surface area (Å²) in [5, 5.41) is 12.0. The lowest BCUT2D eigenvalue weighted by atomic mass is 10.1. The lowest BCUT2D eigenvalue weighted by molar-refractivity contribution is 0.0417. The van der Waals surface area contributed by atoms with Crippen LogP contribution in [-0.2, 0) is 4.74 Å². The number of aromatic carboxylic acids is 1. The van der Waals surface area contributed by atoms with Crippen LogP contribution in [-0.4, -0.2) is 55.0 Å². The Kier molecular flexibility index (Phi) is 6.11. The maximum Gasteiger partial charge on any atom is 0.341 e. The average Bonchev–Trinajstić information content (AvgIpc) is 3.48. The van der Waals surface area contributed by atoms with Crippen molar-refractivity contribution in [1.29, 1.82) is 0 Å². The van der Waals surface area contributed by atoms with Crippen molar-refractivity contribution in [3.8, 4) is 0 Å². The molecular formula is C19H22ClF2N3O4. The summed E-state index contributed by atoms with van der Waals surface area (Å²) in [5.41, 5.74) is -1.59. The highest BCUT2D eigenvalue weighted by atomic mass is 35.5. The number of rotatable bonds is 5. The molecular weight excluding hydrogens is 408 g/mol. The zero-order valence-electron chi connectivity index (χ0n) is 15.8. The number of fused-ring (bicyclic) bond motifs is 1. The Hall–Kier alpha value is -2.23. The summed E-state index contributed by atoms with van der Waals surface area (Å²) in [4.78, 5) is 25.5. The highest BCUT2D eigenvalue weighted by Gasteiger charge is 2.32. The molecule has 10 heteroatoms. The monoisotopic (exact) mass is 429 g/mol. The average molecular weight is 430 g/mol. The first-order chi connectivity index (χ1) is 13.4. The van der Waals surface area contributed by atoms with Crippen molar-refractivity contribution in [2.24, 2.45) is 0 Å². The zero-order valence-corrected chi connectivity index (χ0v) is 16.6. The van der Waals surface area contributed by atoms with Crippen LogP contribution >= 0.6 is 12.4 Å². The van der Waals surface area contributed by atoms with E-state index in [9.17, 15) is 19.1 Å². The molecule has 1 aliphatic heterocycles. The van der Waals surface area contributed by atoms with Gasteiger partial charge in [-0.15, -0.1) is 12.4 Å². The Morgan fingerprint density at radius 3 is 2.72 bits per heavy atom. The number of halogens is 3. The van der Waals surface area contributed by atoms with Crippen LogP contribution in [0.4, 0.5) is 14.5 Å². The number of nitrogens with zero attached hydrogens (tertiary/aromatic N) is 2. The van der Waals surface area contributed by atoms with Crippen LogP contribution in [0.2, 0.25) is 0 Å². The first-order valence-electron chi connectivity index (χ1n) is 9.23. The van der Waals surface area contributed by atoms with Crippen molar-refractivity contribution in [3.05, 3.63) is 39.7 Å². The topological polar surface area (TPSA) is 83.8 Å². The first kappa shape index (κ1) is 21.5. The molecule has 4 rings (SSSR count). The molecule has 1 unspecified atom stereocenters. The molecule has 0 amide bonds. The third-order valence-corrected chi connectivity index (χ3v) is 5.24. The Morgan fingerprint density at radius 2 is 2.10 bits per heavy atom. The van der Waals surface area contributed by atoms with E-state index in [2.05, 4.69) is 5.32 Å². The standard InChI is InChI=1S/C19H21F2N3O4.ClH/c1-22-7-11-8-23(4-5-28-11)17-14(20)6-12-16(15(17)21)24(10-2-3-10)9-13(18(12)25)19(26)27;/h6,9-11,22H,2-5,7-8H2,1H3,(H,26,27);1H. The number of carbonyl (C=O) groups is 1. The van der Waals surface area contributed by atoms with E-state index in [0.29, 0.717) is 26.2 Å². The number of likely N-dealkylation sites (N-methyl/N-ethyl adjacent to an activating group) is 1. The summed E-state index contributed by atoms with van der Waals surface area (Å²) in [6.07, 6.45) is 2.47. The van der Waals surface area contributed by atoms with E-state index in [1.54, 1.807) is 11.9 Å². The second-order valence-electron chi connectivity index (χ2n) is 7.23. The number of aromatic nitrogens is 1. The number of benzene rings is 1. The third kappa shape index (κ3) is 3.82. The van der Waals surface area contributed by atoms with Crippen LogP contribution in [0.15, 0.2) is 17.1 Å². The molecule has 2 fully saturated rings. The number of hydrogen-bond donors (Lipinski definition) is 2. The van der Waals surface area contributed by atoms with Gasteiger partial charge in [-0.25, -0.2) is 13.6 Å². The van der Waals surface area contributed by atoms with Gasteiger partial charge in [0.1, 0.15) is 17.1 Å². The molecule has 1 atom stereocenters. The van der Waals surface area contributed by atoms with Crippen LogP contribution < -0.4 is 15.6 Å². The molecule has 7 nitrogen and oxygen atoms in total. The summed E-state index contributed by atoms with van der Waals surface area (Å²) in [6.45, 7) is 1.50. The molecule has 158 valence electrons. The molecule has 0 radical (unpaired) electrons. The molecule has 29 heavy (non-hydrogen) atoms. The van der Waals surface area contributed by atoms with Gasteiger partial charge < -0.3 is 24.6 Å². The Balaban J connectivity index is 0.00000240. The van der Waals surface area contributed by atoms with Crippen molar-refractivity contribution in [2.45, 2.75) is 25.0 Å². The molecule has 2 heterocycles. The highest BCUT2D eigenvalue weighted by molar-refractivity contribution is 5.94. The van der Waals surface area contributed by atoms with Gasteiger partial charge in [-0.2, -0.15) is 0 Å². The van der Waals surface area contributed by atoms with Gasteiger partial charge in [0.15, 0.2) is 5.82 Å². The second kappa shape index (κ2) is 8.25. The quantitative estimate of drug-likeness (QED) is 0.757. The van der Waals surface area contributed by atoms with Crippen molar-refractivity contribution >= 4 is 35.0 Å². The van der Waals surface area contributed by atoms with Crippen LogP contribution in [0.3, 0.4) is 0 Å². The summed E-state index contributed by atoms with van der Waals surface area (Å²) >= 11 is 0. The Morgan fingerprint density at radius 1 is 1.38 bits per heavy atom. The van der Waals surface area contributed by atoms with Gasteiger partial charge in [0.25, 0.3) is 0 Å². The molecule has 1 aromatic carbocycles. The zero-order chi connectivity index (χ0) is 20.0. The van der Waals surface area contributed by atoms with E-state index in [0.717, 1.165) is 18.9 Å². The number of carboxylic acids is 1. The Bertz CT molecular complexity index is 1010. The summed E-state index contributed by atoms with van der Waals surface area (Å²) < 4.78 is 37.5. The van der Waals surface area contributed by atoms with E-state index >= 15 is 4.39 Å². The molecule has 1 aromatic heterocycles. The lowest BCUT2D eigenvalue weighted by Gasteiger charge is -2.35. The van der Waals surface area contributed by atoms with Gasteiger partial charge in [-0.1, -0.05) is 0 Å². The van der Waals surface area contributed by atoms with E-state index in [-0.39, 0.29) is 41.1 Å². The van der Waals surface area contributed by atoms with Crippen LogP contribution in [0.1, 0.15) is 29.2 Å². The Labute approximate surface area is 171 Å². The van der Waals surface area contributed by atoms with E-state index in [1.165, 1.54) is 10.8 Å². The lowest BCUT2D eigenvalue weighted by Crippen LogP contribution is -2.47. The SMILES string of the molecule is CNCC1CN(c2c(F)cc3c(=O)c(C(=O)O)cn(C4CC4)c3c2F)CCO1.Cl. The second-order valence-corrected chi connectivity index (χ2v) is 7.23. The third-order valence-electron chi connectivity index (χ3n) is 5.24. The minimum atomic E-state index is -1.41. The number of anilines is 1. The number of pyridine rings is 1. The first-order valence-corrected chi connectivity index (χ1v) is 9.23. The van der Waals surface area contributed by atoms with Crippen molar-refractivity contribution < 1.29 is 23.4 Å². The molecule has 1 saturated heterocycles. The van der Waals surface area contributed by atoms with Gasteiger partial charge in [-0.3, -0.25) is 4.79 Å². The fourth-order valence-corrected chi connectivity index (χ4v) is 3.79. The highest BCUT2D eigenvalue weighted by Crippen LogP contribution is 2.39. The van der Waals surface area contributed by atoms with Crippen molar-refractivity contribution in [2.75, 3.05) is 38.2 Å². The number of carboxylic acid groups (broad SMARTS) is 1. The van der Waals surface area contributed by atoms with Gasteiger partial charge in [0.2, 0.25) is 5.43 Å². The largest absolute Gasteiger partial charge is 0.477 e. The summed E-state index contributed by atoms with van der Waals surface area (Å²) in [6, 6.07) is 0.875. The van der Waals surface area contributed by atoms with Crippen LogP contribution in [0.5, 0.6) is 0 Å². The smallest absolute Gasteiger partial charge is 0.341 e. The number of nitrogens with one attached hydrogen (secondary N) is 1. The molecule has 1 aliphatic carbocycles. The van der Waals surface area contributed by atoms with E-state index < -0.39 is 28.6 Å². The predicted octanol–water partition coefficient (Wildman–Crippen LogP) is 2.16. The fraction of sp³-hybridized carbons (Fsp3) is 0.474. The minimum absolute atomic E-state index is 0. The van der Waals surface area contributed by atoms with Crippen molar-refractivity contribution in [3.63, 3.8) is 0 Å². The summed E-state index contributed by atoms with van der Waals surface area (Å²) in [5.74, 6) is -3.12. The van der Waals surface area contributed by atoms with Gasteiger partial charge >= 0.3 is 5.97 Å². The molecule has 2 aromatic rings. The predicted molar refractivity (Wildman–Crippen MR) is 106 cm³/mol.